The van der Waals surface area contributed by atoms with Gasteiger partial charge in [-0.2, -0.15) is 0 Å². The van der Waals surface area contributed by atoms with Crippen LogP contribution in [0.5, 0.6) is 0 Å². The van der Waals surface area contributed by atoms with Crippen molar-refractivity contribution >= 4 is 5.97 Å². The first-order chi connectivity index (χ1) is 8.58. The number of hydrogen-bond acceptors (Lipinski definition) is 3. The van der Waals surface area contributed by atoms with E-state index in [-0.39, 0.29) is 24.3 Å². The largest absolute Gasteiger partial charge is 0.435 e. The van der Waals surface area contributed by atoms with Gasteiger partial charge in [-0.25, -0.2) is 0 Å². The normalized spacial score (nSPS) is 52.2. The molecule has 5 unspecified atom stereocenters. The van der Waals surface area contributed by atoms with Crippen LogP contribution in [0.1, 0.15) is 46.5 Å². The molecule has 3 nitrogen and oxygen atoms in total. The zero-order valence-electron chi connectivity index (χ0n) is 11.6. The first-order valence-corrected chi connectivity index (χ1v) is 7.44. The molecule has 3 heteroatoms. The maximum Gasteiger partial charge on any atom is 0.311 e. The van der Waals surface area contributed by atoms with Crippen LogP contribution in [0.3, 0.4) is 0 Å². The number of carbonyl (C=O) groups excluding carboxylic acids is 1. The van der Waals surface area contributed by atoms with Crippen LogP contribution in [-0.4, -0.2) is 18.4 Å². The van der Waals surface area contributed by atoms with Gasteiger partial charge >= 0.3 is 5.97 Å². The summed E-state index contributed by atoms with van der Waals surface area (Å²) in [6.45, 7) is 6.49. The molecule has 0 aromatic heterocycles. The van der Waals surface area contributed by atoms with Crippen LogP contribution >= 0.6 is 0 Å². The van der Waals surface area contributed by atoms with E-state index in [2.05, 4.69) is 13.8 Å². The van der Waals surface area contributed by atoms with Crippen LogP contribution in [0.15, 0.2) is 0 Å². The Labute approximate surface area is 109 Å². The van der Waals surface area contributed by atoms with Crippen molar-refractivity contribution in [2.45, 2.75) is 58.8 Å². The highest BCUT2D eigenvalue weighted by Crippen LogP contribution is 2.50. The minimum Gasteiger partial charge on any atom is -0.435 e. The summed E-state index contributed by atoms with van der Waals surface area (Å²) < 4.78 is 11.6. The molecular weight excluding hydrogens is 228 g/mol. The fraction of sp³-hybridized carbons (Fsp3) is 0.933. The molecule has 0 aromatic carbocycles. The zero-order chi connectivity index (χ0) is 12.9. The van der Waals surface area contributed by atoms with Crippen LogP contribution in [0.2, 0.25) is 0 Å². The molecule has 2 aliphatic heterocycles. The van der Waals surface area contributed by atoms with Gasteiger partial charge in [-0.1, -0.05) is 20.3 Å². The highest BCUT2D eigenvalue weighted by Gasteiger charge is 2.52. The molecule has 3 aliphatic rings. The molecule has 7 atom stereocenters. The number of carbonyl (C=O) groups is 1. The first kappa shape index (κ1) is 12.5. The summed E-state index contributed by atoms with van der Waals surface area (Å²) in [4.78, 5) is 11.9. The Kier molecular flexibility index (Phi) is 3.13. The summed E-state index contributed by atoms with van der Waals surface area (Å²) in [6, 6.07) is 0. The summed E-state index contributed by atoms with van der Waals surface area (Å²) >= 11 is 0. The topological polar surface area (TPSA) is 35.5 Å². The second kappa shape index (κ2) is 4.52. The average Bonchev–Trinajstić information content (AvgIpc) is 2.49. The molecule has 1 saturated carbocycles. The van der Waals surface area contributed by atoms with Crippen LogP contribution in [0, 0.1) is 29.6 Å². The van der Waals surface area contributed by atoms with E-state index in [4.69, 9.17) is 9.47 Å². The van der Waals surface area contributed by atoms with E-state index in [1.165, 1.54) is 12.8 Å². The molecule has 0 spiro atoms. The van der Waals surface area contributed by atoms with Crippen molar-refractivity contribution in [2.75, 3.05) is 0 Å². The lowest BCUT2D eigenvalue weighted by Crippen LogP contribution is -2.51. The van der Waals surface area contributed by atoms with Gasteiger partial charge in [0, 0.05) is 5.92 Å². The van der Waals surface area contributed by atoms with Crippen LogP contribution in [0.4, 0.5) is 0 Å². The maximum absolute atomic E-state index is 11.9. The summed E-state index contributed by atoms with van der Waals surface area (Å²) in [5.74, 6) is 2.33. The van der Waals surface area contributed by atoms with Crippen molar-refractivity contribution in [2.24, 2.45) is 29.6 Å². The minimum atomic E-state index is -0.274. The SMILES string of the molecule is CC1CCC2C3C(OC(=O)C(C)[C@@H]3CC[C@H]2C)O1. The number of esters is 1. The third kappa shape index (κ3) is 1.87. The molecular formula is C15H24O3. The van der Waals surface area contributed by atoms with E-state index in [1.807, 2.05) is 6.92 Å². The number of hydrogen-bond donors (Lipinski definition) is 0. The monoisotopic (exact) mass is 252 g/mol. The summed E-state index contributed by atoms with van der Waals surface area (Å²) in [6.07, 6.45) is 4.68. The summed E-state index contributed by atoms with van der Waals surface area (Å²) in [7, 11) is 0. The molecule has 1 aliphatic carbocycles. The minimum absolute atomic E-state index is 0.0522. The van der Waals surface area contributed by atoms with Crippen LogP contribution in [-0.2, 0) is 14.3 Å². The van der Waals surface area contributed by atoms with Gasteiger partial charge in [-0.05, 0) is 43.9 Å². The van der Waals surface area contributed by atoms with Gasteiger partial charge in [0.15, 0.2) is 0 Å². The van der Waals surface area contributed by atoms with Gasteiger partial charge in [0.1, 0.15) is 0 Å². The lowest BCUT2D eigenvalue weighted by Gasteiger charge is -2.48. The van der Waals surface area contributed by atoms with E-state index in [0.29, 0.717) is 17.8 Å². The number of ether oxygens (including phenoxy) is 2. The van der Waals surface area contributed by atoms with E-state index in [1.54, 1.807) is 0 Å². The van der Waals surface area contributed by atoms with Crippen LogP contribution in [0.25, 0.3) is 0 Å². The third-order valence-corrected chi connectivity index (χ3v) is 5.51. The molecule has 102 valence electrons. The molecule has 18 heavy (non-hydrogen) atoms. The fourth-order valence-electron chi connectivity index (χ4n) is 4.34. The second-order valence-electron chi connectivity index (χ2n) is 6.58. The highest BCUT2D eigenvalue weighted by atomic mass is 16.7. The van der Waals surface area contributed by atoms with E-state index >= 15 is 0 Å². The van der Waals surface area contributed by atoms with Gasteiger partial charge in [0.05, 0.1) is 12.0 Å². The van der Waals surface area contributed by atoms with Crippen molar-refractivity contribution in [1.29, 1.82) is 0 Å². The molecule has 3 fully saturated rings. The Morgan fingerprint density at radius 3 is 2.50 bits per heavy atom. The average molecular weight is 252 g/mol. The Balaban J connectivity index is 1.92. The molecule has 2 saturated heterocycles. The molecule has 0 amide bonds. The van der Waals surface area contributed by atoms with Gasteiger partial charge < -0.3 is 9.47 Å². The maximum atomic E-state index is 11.9. The van der Waals surface area contributed by atoms with Gasteiger partial charge in [0.25, 0.3) is 0 Å². The Bertz CT molecular complexity index is 341. The van der Waals surface area contributed by atoms with E-state index in [9.17, 15) is 4.79 Å². The summed E-state index contributed by atoms with van der Waals surface area (Å²) in [5.41, 5.74) is 0. The van der Waals surface area contributed by atoms with Crippen molar-refractivity contribution in [3.05, 3.63) is 0 Å². The smallest absolute Gasteiger partial charge is 0.311 e. The molecule has 2 heterocycles. The Morgan fingerprint density at radius 2 is 1.72 bits per heavy atom. The number of rotatable bonds is 0. The van der Waals surface area contributed by atoms with Crippen LogP contribution < -0.4 is 0 Å². The predicted molar refractivity (Wildman–Crippen MR) is 67.7 cm³/mol. The van der Waals surface area contributed by atoms with E-state index < -0.39 is 0 Å². The highest BCUT2D eigenvalue weighted by molar-refractivity contribution is 5.73. The van der Waals surface area contributed by atoms with Crippen molar-refractivity contribution in [1.82, 2.24) is 0 Å². The standard InChI is InChI=1S/C15H24O3/c1-8-4-6-12-10(3)14(16)18-15-13(12)11(8)7-5-9(2)17-15/h8-13,15H,4-7H2,1-3H3/t8-,9?,10?,11?,12+,13?,15?/m1/s1. The van der Waals surface area contributed by atoms with Gasteiger partial charge in [-0.3, -0.25) is 4.79 Å². The molecule has 0 radical (unpaired) electrons. The predicted octanol–water partition coefficient (Wildman–Crippen LogP) is 2.98. The van der Waals surface area contributed by atoms with Gasteiger partial charge in [0.2, 0.25) is 6.29 Å². The van der Waals surface area contributed by atoms with Crippen molar-refractivity contribution < 1.29 is 14.3 Å². The quantitative estimate of drug-likeness (QED) is 0.622. The Hall–Kier alpha value is -0.570. The fourth-order valence-corrected chi connectivity index (χ4v) is 4.34. The first-order valence-electron chi connectivity index (χ1n) is 7.44. The zero-order valence-corrected chi connectivity index (χ0v) is 11.6. The lowest BCUT2D eigenvalue weighted by atomic mass is 9.61. The van der Waals surface area contributed by atoms with E-state index in [0.717, 1.165) is 18.8 Å². The van der Waals surface area contributed by atoms with Crippen molar-refractivity contribution in [3.8, 4) is 0 Å². The third-order valence-electron chi connectivity index (χ3n) is 5.51. The lowest BCUT2D eigenvalue weighted by molar-refractivity contribution is -0.240. The Morgan fingerprint density at radius 1 is 1.00 bits per heavy atom. The molecule has 0 N–H and O–H groups in total. The van der Waals surface area contributed by atoms with Crippen molar-refractivity contribution in [3.63, 3.8) is 0 Å². The summed E-state index contributed by atoms with van der Waals surface area (Å²) in [5, 5.41) is 0. The molecule has 3 rings (SSSR count). The second-order valence-corrected chi connectivity index (χ2v) is 6.58. The van der Waals surface area contributed by atoms with Gasteiger partial charge in [-0.15, -0.1) is 0 Å². The molecule has 0 bridgehead atoms. The molecule has 0 aromatic rings.